The molecular weight excluding hydrogens is 398 g/mol. The Bertz CT molecular complexity index is 1020. The van der Waals surface area contributed by atoms with Crippen LogP contribution in [0.3, 0.4) is 0 Å². The van der Waals surface area contributed by atoms with E-state index >= 15 is 0 Å². The number of ether oxygens (including phenoxy) is 1. The highest BCUT2D eigenvalue weighted by atomic mass is 32.2. The fourth-order valence-corrected chi connectivity index (χ4v) is 4.06. The summed E-state index contributed by atoms with van der Waals surface area (Å²) in [7, 11) is 0. The van der Waals surface area contributed by atoms with E-state index in [4.69, 9.17) is 0 Å². The maximum absolute atomic E-state index is 13.0. The van der Waals surface area contributed by atoms with Crippen molar-refractivity contribution in [2.24, 2.45) is 0 Å². The van der Waals surface area contributed by atoms with Gasteiger partial charge in [-0.2, -0.15) is 13.5 Å². The first kappa shape index (κ1) is 20.9. The molecule has 0 fully saturated rings. The Kier molecular flexibility index (Phi) is 6.22. The van der Waals surface area contributed by atoms with Gasteiger partial charge in [0.1, 0.15) is 5.75 Å². The Labute approximate surface area is 171 Å². The van der Waals surface area contributed by atoms with Crippen molar-refractivity contribution in [3.8, 4) is 11.4 Å². The Morgan fingerprint density at radius 2 is 1.86 bits per heavy atom. The van der Waals surface area contributed by atoms with E-state index < -0.39 is 11.9 Å². The minimum atomic E-state index is -2.88. The smallest absolute Gasteiger partial charge is 0.387 e. The molecule has 0 unspecified atom stereocenters. The summed E-state index contributed by atoms with van der Waals surface area (Å²) in [6, 6.07) is 13.1. The number of thioether (sulfide) groups is 1. The highest BCUT2D eigenvalue weighted by molar-refractivity contribution is 8.00. The normalized spacial score (nSPS) is 12.2. The third-order valence-electron chi connectivity index (χ3n) is 4.47. The largest absolute Gasteiger partial charge is 0.618 e. The second-order valence-electron chi connectivity index (χ2n) is 6.48. The number of benzene rings is 1. The molecule has 3 aromatic rings. The van der Waals surface area contributed by atoms with Gasteiger partial charge in [-0.15, -0.1) is 0 Å². The molecule has 2 aromatic heterocycles. The Morgan fingerprint density at radius 3 is 2.48 bits per heavy atom. The molecule has 29 heavy (non-hydrogen) atoms. The average molecular weight is 418 g/mol. The van der Waals surface area contributed by atoms with E-state index in [9.17, 15) is 18.8 Å². The zero-order valence-electron chi connectivity index (χ0n) is 16.1. The highest BCUT2D eigenvalue weighted by Crippen LogP contribution is 2.28. The van der Waals surface area contributed by atoms with Gasteiger partial charge in [0.05, 0.1) is 5.25 Å². The van der Waals surface area contributed by atoms with Crippen LogP contribution in [0.1, 0.15) is 28.7 Å². The monoisotopic (exact) mass is 418 g/mol. The molecule has 2 heterocycles. The maximum Gasteiger partial charge on any atom is 0.387 e. The number of nitrogens with zero attached hydrogens (tertiary/aromatic N) is 2. The molecule has 0 aliphatic rings. The molecule has 3 rings (SSSR count). The summed E-state index contributed by atoms with van der Waals surface area (Å²) in [6.45, 7) is 2.59. The van der Waals surface area contributed by atoms with Crippen molar-refractivity contribution in [2.45, 2.75) is 37.7 Å². The van der Waals surface area contributed by atoms with Crippen LogP contribution < -0.4 is 9.47 Å². The number of rotatable bonds is 7. The molecule has 0 amide bonds. The van der Waals surface area contributed by atoms with Crippen LogP contribution in [-0.2, 0) is 0 Å². The molecule has 0 saturated heterocycles. The van der Waals surface area contributed by atoms with Crippen molar-refractivity contribution in [3.05, 3.63) is 76.9 Å². The molecule has 5 nitrogen and oxygen atoms in total. The zero-order valence-corrected chi connectivity index (χ0v) is 17.0. The number of hydrogen-bond donors (Lipinski definition) is 0. The van der Waals surface area contributed by atoms with Crippen LogP contribution in [-0.4, -0.2) is 22.2 Å². The number of alkyl halides is 2. The molecule has 0 aliphatic heterocycles. The number of aryl methyl sites for hydroxylation is 1. The Morgan fingerprint density at radius 1 is 1.17 bits per heavy atom. The first-order valence-electron chi connectivity index (χ1n) is 8.91. The van der Waals surface area contributed by atoms with Crippen LogP contribution in [0, 0.1) is 19.1 Å². The van der Waals surface area contributed by atoms with E-state index in [1.54, 1.807) is 43.3 Å². The van der Waals surface area contributed by atoms with E-state index in [1.807, 2.05) is 18.4 Å². The number of hydrogen-bond acceptors (Lipinski definition) is 4. The van der Waals surface area contributed by atoms with Crippen molar-refractivity contribution in [3.63, 3.8) is 0 Å². The molecule has 0 N–H and O–H groups in total. The van der Waals surface area contributed by atoms with Gasteiger partial charge < -0.3 is 14.5 Å². The SMILES string of the molecule is Cc1cc(C(=O)[C@@H](C)Sc2cccc[n+]2[O-])c(C)n1-c1ccc(OC(F)F)cc1. The topological polar surface area (TPSA) is 58.2 Å². The first-order valence-corrected chi connectivity index (χ1v) is 9.79. The molecular formula is C21H20F2N2O3S. The fraction of sp³-hybridized carbons (Fsp3) is 0.238. The van der Waals surface area contributed by atoms with Crippen molar-refractivity contribution in [1.29, 1.82) is 0 Å². The summed E-state index contributed by atoms with van der Waals surface area (Å²) >= 11 is 1.20. The van der Waals surface area contributed by atoms with Gasteiger partial charge in [-0.1, -0.05) is 0 Å². The Hall–Kier alpha value is -2.87. The fourth-order valence-electron chi connectivity index (χ4n) is 3.14. The average Bonchev–Trinajstić information content (AvgIpc) is 2.97. The Balaban J connectivity index is 1.85. The molecule has 1 atom stereocenters. The number of aromatic nitrogens is 2. The molecule has 0 bridgehead atoms. The van der Waals surface area contributed by atoms with Gasteiger partial charge >= 0.3 is 6.61 Å². The second-order valence-corrected chi connectivity index (χ2v) is 7.84. The summed E-state index contributed by atoms with van der Waals surface area (Å²) in [5.74, 6) is -0.0165. The summed E-state index contributed by atoms with van der Waals surface area (Å²) in [5.41, 5.74) is 2.87. The molecule has 0 aliphatic carbocycles. The number of ketones is 1. The van der Waals surface area contributed by atoms with E-state index in [2.05, 4.69) is 4.74 Å². The summed E-state index contributed by atoms with van der Waals surface area (Å²) in [4.78, 5) is 13.0. The predicted molar refractivity (Wildman–Crippen MR) is 107 cm³/mol. The van der Waals surface area contributed by atoms with Gasteiger partial charge in [0.25, 0.3) is 5.03 Å². The maximum atomic E-state index is 13.0. The zero-order chi connectivity index (χ0) is 21.1. The van der Waals surface area contributed by atoms with Crippen LogP contribution in [0.4, 0.5) is 8.78 Å². The van der Waals surface area contributed by atoms with Gasteiger partial charge in [0.15, 0.2) is 12.0 Å². The van der Waals surface area contributed by atoms with Gasteiger partial charge in [-0.25, -0.2) is 0 Å². The molecule has 8 heteroatoms. The van der Waals surface area contributed by atoms with Gasteiger partial charge in [0, 0.05) is 34.8 Å². The first-order chi connectivity index (χ1) is 13.8. The van der Waals surface area contributed by atoms with E-state index in [-0.39, 0.29) is 11.5 Å². The summed E-state index contributed by atoms with van der Waals surface area (Å²) < 4.78 is 31.7. The summed E-state index contributed by atoms with van der Waals surface area (Å²) in [6.07, 6.45) is 1.40. The van der Waals surface area contributed by atoms with Crippen LogP contribution >= 0.6 is 11.8 Å². The standard InChI is InChI=1S/C21H20F2N2O3S/c1-13-12-18(20(26)15(3)29-19-6-4-5-11-24(19)27)14(2)25(13)16-7-9-17(10-8-16)28-21(22)23/h4-12,15,21H,1-3H3/t15-/m1/s1. The lowest BCUT2D eigenvalue weighted by atomic mass is 10.1. The summed E-state index contributed by atoms with van der Waals surface area (Å²) in [5, 5.41) is 11.8. The van der Waals surface area contributed by atoms with E-state index in [0.717, 1.165) is 21.8 Å². The lowest BCUT2D eigenvalue weighted by Crippen LogP contribution is -2.29. The van der Waals surface area contributed by atoms with Crippen molar-refractivity contribution >= 4 is 17.5 Å². The van der Waals surface area contributed by atoms with E-state index in [1.165, 1.54) is 30.1 Å². The van der Waals surface area contributed by atoms with Crippen LogP contribution in [0.2, 0.25) is 0 Å². The van der Waals surface area contributed by atoms with E-state index in [0.29, 0.717) is 10.6 Å². The number of pyridine rings is 1. The van der Waals surface area contributed by atoms with Gasteiger partial charge in [-0.05, 0) is 68.9 Å². The minimum absolute atomic E-state index is 0.0707. The molecule has 1 aromatic carbocycles. The molecule has 0 radical (unpaired) electrons. The van der Waals surface area contributed by atoms with Gasteiger partial charge in [-0.3, -0.25) is 4.79 Å². The van der Waals surface area contributed by atoms with Crippen LogP contribution in [0.25, 0.3) is 5.69 Å². The predicted octanol–water partition coefficient (Wildman–Crippen LogP) is 4.69. The minimum Gasteiger partial charge on any atom is -0.618 e. The quantitative estimate of drug-likeness (QED) is 0.242. The number of carbonyl (C=O) groups is 1. The molecule has 152 valence electrons. The number of Topliss-reactive ketones (excluding diaryl/α,β-unsaturated/α-hetero) is 1. The molecule has 0 spiro atoms. The third kappa shape index (κ3) is 4.59. The third-order valence-corrected chi connectivity index (χ3v) is 5.60. The van der Waals surface area contributed by atoms with Crippen molar-refractivity contribution in [2.75, 3.05) is 0 Å². The second kappa shape index (κ2) is 8.65. The lowest BCUT2D eigenvalue weighted by molar-refractivity contribution is -0.645. The number of halogens is 2. The van der Waals surface area contributed by atoms with Crippen LogP contribution in [0.5, 0.6) is 5.75 Å². The molecule has 0 saturated carbocycles. The lowest BCUT2D eigenvalue weighted by Gasteiger charge is -2.12. The van der Waals surface area contributed by atoms with Crippen molar-refractivity contribution < 1.29 is 23.0 Å². The van der Waals surface area contributed by atoms with Crippen molar-refractivity contribution in [1.82, 2.24) is 4.57 Å². The van der Waals surface area contributed by atoms with Gasteiger partial charge in [0.2, 0.25) is 0 Å². The van der Waals surface area contributed by atoms with Crippen LogP contribution in [0.15, 0.2) is 59.8 Å². The number of carbonyl (C=O) groups excluding carboxylic acids is 1. The highest BCUT2D eigenvalue weighted by Gasteiger charge is 2.24.